The van der Waals surface area contributed by atoms with E-state index in [1.807, 2.05) is 13.8 Å². The van der Waals surface area contributed by atoms with Gasteiger partial charge < -0.3 is 20.1 Å². The quantitative estimate of drug-likeness (QED) is 0.576. The van der Waals surface area contributed by atoms with Gasteiger partial charge in [-0.25, -0.2) is 0 Å². The maximum Gasteiger partial charge on any atom is 0.149 e. The van der Waals surface area contributed by atoms with Gasteiger partial charge in [0.2, 0.25) is 0 Å². The standard InChI is InChI=1S/C10H19NO5/c1-5(2)3-6-9(13)8(11-15)10(14)7(4-12)16-6/h5-10,12-14H,3-4H2,1-2H3/t6-,7?,8?,9?,10-/m1/s1. The highest BCUT2D eigenvalue weighted by atomic mass is 16.5. The summed E-state index contributed by atoms with van der Waals surface area (Å²) in [7, 11) is 0. The molecule has 3 unspecified atom stereocenters. The van der Waals surface area contributed by atoms with E-state index in [2.05, 4.69) is 5.18 Å². The molecule has 6 heteroatoms. The van der Waals surface area contributed by atoms with E-state index in [1.165, 1.54) is 0 Å². The fraction of sp³-hybridized carbons (Fsp3) is 1.00. The van der Waals surface area contributed by atoms with E-state index in [-0.39, 0.29) is 5.92 Å². The molecule has 6 nitrogen and oxygen atoms in total. The van der Waals surface area contributed by atoms with Crippen molar-refractivity contribution in [1.29, 1.82) is 0 Å². The summed E-state index contributed by atoms with van der Waals surface area (Å²) in [6, 6.07) is -1.13. The SMILES string of the molecule is CC(C)C[C@H]1OC(CO)[C@@H](O)C(N=O)C1O. The van der Waals surface area contributed by atoms with Crippen LogP contribution in [0.3, 0.4) is 0 Å². The molecule has 0 radical (unpaired) electrons. The summed E-state index contributed by atoms with van der Waals surface area (Å²) >= 11 is 0. The van der Waals surface area contributed by atoms with Crippen LogP contribution in [0.2, 0.25) is 0 Å². The van der Waals surface area contributed by atoms with Gasteiger partial charge >= 0.3 is 0 Å². The Bertz CT molecular complexity index is 235. The zero-order valence-electron chi connectivity index (χ0n) is 9.48. The van der Waals surface area contributed by atoms with Gasteiger partial charge in [0.15, 0.2) is 0 Å². The Balaban J connectivity index is 2.76. The predicted molar refractivity (Wildman–Crippen MR) is 56.8 cm³/mol. The van der Waals surface area contributed by atoms with Gasteiger partial charge in [-0.2, -0.15) is 4.91 Å². The van der Waals surface area contributed by atoms with E-state index in [0.29, 0.717) is 6.42 Å². The third-order valence-electron chi connectivity index (χ3n) is 2.82. The van der Waals surface area contributed by atoms with Gasteiger partial charge in [0.1, 0.15) is 24.4 Å². The highest BCUT2D eigenvalue weighted by Gasteiger charge is 2.45. The molecule has 1 fully saturated rings. The molecule has 16 heavy (non-hydrogen) atoms. The molecule has 0 saturated carbocycles. The van der Waals surface area contributed by atoms with Gasteiger partial charge in [0, 0.05) is 0 Å². The molecule has 0 aromatic carbocycles. The van der Waals surface area contributed by atoms with E-state index in [9.17, 15) is 15.1 Å². The van der Waals surface area contributed by atoms with Crippen molar-refractivity contribution < 1.29 is 20.1 Å². The molecule has 1 heterocycles. The lowest BCUT2D eigenvalue weighted by molar-refractivity contribution is -0.192. The van der Waals surface area contributed by atoms with E-state index in [1.54, 1.807) is 0 Å². The molecule has 0 aromatic heterocycles. The number of nitrogens with zero attached hydrogens (tertiary/aromatic N) is 1. The third kappa shape index (κ3) is 2.76. The molecule has 0 spiro atoms. The van der Waals surface area contributed by atoms with Crippen LogP contribution in [0.4, 0.5) is 0 Å². The molecule has 0 aromatic rings. The van der Waals surface area contributed by atoms with Crippen molar-refractivity contribution in [3.05, 3.63) is 4.91 Å². The minimum absolute atomic E-state index is 0.279. The molecular weight excluding hydrogens is 214 g/mol. The molecule has 0 aliphatic carbocycles. The Morgan fingerprint density at radius 1 is 1.25 bits per heavy atom. The zero-order chi connectivity index (χ0) is 12.3. The molecular formula is C10H19NO5. The van der Waals surface area contributed by atoms with Crippen LogP contribution < -0.4 is 0 Å². The molecule has 94 valence electrons. The molecule has 0 amide bonds. The van der Waals surface area contributed by atoms with Crippen LogP contribution >= 0.6 is 0 Å². The maximum atomic E-state index is 10.6. The smallest absolute Gasteiger partial charge is 0.149 e. The number of aliphatic hydroxyl groups is 3. The first kappa shape index (κ1) is 13.5. The second-order valence-electron chi connectivity index (χ2n) is 4.60. The minimum atomic E-state index is -1.25. The Morgan fingerprint density at radius 3 is 2.25 bits per heavy atom. The number of ether oxygens (including phenoxy) is 1. The van der Waals surface area contributed by atoms with Crippen molar-refractivity contribution in [2.75, 3.05) is 6.61 Å². The average Bonchev–Trinajstić information content (AvgIpc) is 2.22. The topological polar surface area (TPSA) is 99.4 Å². The van der Waals surface area contributed by atoms with Gasteiger partial charge in [-0.3, -0.25) is 0 Å². The minimum Gasteiger partial charge on any atom is -0.394 e. The fourth-order valence-electron chi connectivity index (χ4n) is 1.96. The Kier molecular flexibility index (Phi) is 4.79. The molecule has 1 aliphatic heterocycles. The summed E-state index contributed by atoms with van der Waals surface area (Å²) in [5.74, 6) is 0.279. The molecule has 1 saturated heterocycles. The summed E-state index contributed by atoms with van der Waals surface area (Å²) in [6.07, 6.45) is -3.23. The van der Waals surface area contributed by atoms with Gasteiger partial charge in [-0.15, -0.1) is 0 Å². The lowest BCUT2D eigenvalue weighted by Gasteiger charge is -2.39. The maximum absolute atomic E-state index is 10.6. The Hall–Kier alpha value is -0.560. The number of aliphatic hydroxyl groups excluding tert-OH is 3. The van der Waals surface area contributed by atoms with Crippen molar-refractivity contribution in [3.8, 4) is 0 Å². The summed E-state index contributed by atoms with van der Waals surface area (Å²) in [5.41, 5.74) is 0. The van der Waals surface area contributed by atoms with Crippen LogP contribution in [-0.4, -0.2) is 52.4 Å². The summed E-state index contributed by atoms with van der Waals surface area (Å²) in [4.78, 5) is 10.6. The van der Waals surface area contributed by atoms with Crippen LogP contribution in [0.15, 0.2) is 5.18 Å². The third-order valence-corrected chi connectivity index (χ3v) is 2.82. The van der Waals surface area contributed by atoms with E-state index < -0.39 is 37.1 Å². The van der Waals surface area contributed by atoms with Gasteiger partial charge in [-0.1, -0.05) is 19.0 Å². The van der Waals surface area contributed by atoms with Crippen molar-refractivity contribution in [2.45, 2.75) is 50.7 Å². The first-order valence-electron chi connectivity index (χ1n) is 5.46. The van der Waals surface area contributed by atoms with Gasteiger partial charge in [0.25, 0.3) is 0 Å². The van der Waals surface area contributed by atoms with Crippen LogP contribution in [-0.2, 0) is 4.74 Å². The largest absolute Gasteiger partial charge is 0.394 e. The molecule has 3 N–H and O–H groups in total. The Morgan fingerprint density at radius 2 is 1.81 bits per heavy atom. The first-order valence-corrected chi connectivity index (χ1v) is 5.46. The fourth-order valence-corrected chi connectivity index (χ4v) is 1.96. The number of hydrogen-bond acceptors (Lipinski definition) is 6. The molecule has 5 atom stereocenters. The van der Waals surface area contributed by atoms with Crippen molar-refractivity contribution in [2.24, 2.45) is 11.1 Å². The summed E-state index contributed by atoms with van der Waals surface area (Å²) in [6.45, 7) is 3.52. The van der Waals surface area contributed by atoms with E-state index in [0.717, 1.165) is 0 Å². The summed E-state index contributed by atoms with van der Waals surface area (Å²) in [5, 5.41) is 31.1. The van der Waals surface area contributed by atoms with Crippen LogP contribution in [0, 0.1) is 10.8 Å². The highest BCUT2D eigenvalue weighted by molar-refractivity contribution is 4.96. The van der Waals surface area contributed by atoms with E-state index in [4.69, 9.17) is 9.84 Å². The second-order valence-corrected chi connectivity index (χ2v) is 4.60. The predicted octanol–water partition coefficient (Wildman–Crippen LogP) is -0.351. The van der Waals surface area contributed by atoms with Crippen molar-refractivity contribution in [3.63, 3.8) is 0 Å². The average molecular weight is 233 g/mol. The number of hydrogen-bond donors (Lipinski definition) is 3. The van der Waals surface area contributed by atoms with Crippen molar-refractivity contribution in [1.82, 2.24) is 0 Å². The molecule has 1 aliphatic rings. The van der Waals surface area contributed by atoms with Crippen molar-refractivity contribution >= 4 is 0 Å². The molecule has 0 bridgehead atoms. The van der Waals surface area contributed by atoms with Gasteiger partial charge in [0.05, 0.1) is 12.7 Å². The first-order chi connectivity index (χ1) is 7.51. The number of rotatable bonds is 4. The normalized spacial score (nSPS) is 40.0. The Labute approximate surface area is 94.2 Å². The lowest BCUT2D eigenvalue weighted by atomic mass is 9.89. The van der Waals surface area contributed by atoms with Crippen LogP contribution in [0.1, 0.15) is 20.3 Å². The van der Waals surface area contributed by atoms with Crippen LogP contribution in [0.5, 0.6) is 0 Å². The van der Waals surface area contributed by atoms with Gasteiger partial charge in [-0.05, 0) is 12.3 Å². The number of nitroso groups, excluding NO2 is 1. The monoisotopic (exact) mass is 233 g/mol. The zero-order valence-corrected chi connectivity index (χ0v) is 9.48. The molecule has 1 rings (SSSR count). The van der Waals surface area contributed by atoms with Crippen LogP contribution in [0.25, 0.3) is 0 Å². The second kappa shape index (κ2) is 5.67. The van der Waals surface area contributed by atoms with E-state index >= 15 is 0 Å². The lowest BCUT2D eigenvalue weighted by Crippen LogP contribution is -2.57. The highest BCUT2D eigenvalue weighted by Crippen LogP contribution is 2.27. The summed E-state index contributed by atoms with van der Waals surface area (Å²) < 4.78 is 5.35.